The van der Waals surface area contributed by atoms with Crippen molar-refractivity contribution in [2.24, 2.45) is 10.9 Å². The number of nitrogens with two attached hydrogens (primary N) is 1. The van der Waals surface area contributed by atoms with Crippen LogP contribution in [0.15, 0.2) is 21.9 Å². The zero-order valence-electron chi connectivity index (χ0n) is 10.2. The van der Waals surface area contributed by atoms with Crippen LogP contribution in [0.3, 0.4) is 0 Å². The lowest BCUT2D eigenvalue weighted by atomic mass is 10.2. The summed E-state index contributed by atoms with van der Waals surface area (Å²) in [6.45, 7) is 5.55. The van der Waals surface area contributed by atoms with Crippen LogP contribution >= 0.6 is 0 Å². The zero-order valence-corrected chi connectivity index (χ0v) is 10.2. The topological polar surface area (TPSA) is 92.1 Å². The van der Waals surface area contributed by atoms with E-state index in [1.54, 1.807) is 13.0 Å². The SMILES string of the molecule is Cc1ccoc1C(=O)N(CC(N)=NO)C(C)C. The van der Waals surface area contributed by atoms with Crippen LogP contribution in [0.2, 0.25) is 0 Å². The summed E-state index contributed by atoms with van der Waals surface area (Å²) in [6, 6.07) is 1.64. The van der Waals surface area contributed by atoms with Gasteiger partial charge in [-0.05, 0) is 26.8 Å². The molecule has 3 N–H and O–H groups in total. The Labute approximate surface area is 99.7 Å². The van der Waals surface area contributed by atoms with E-state index in [1.807, 2.05) is 13.8 Å². The summed E-state index contributed by atoms with van der Waals surface area (Å²) in [5.74, 6) is -0.00482. The Morgan fingerprint density at radius 1 is 1.65 bits per heavy atom. The van der Waals surface area contributed by atoms with Crippen molar-refractivity contribution in [1.82, 2.24) is 4.90 Å². The fraction of sp³-hybridized carbons (Fsp3) is 0.455. The lowest BCUT2D eigenvalue weighted by molar-refractivity contribution is 0.0700. The van der Waals surface area contributed by atoms with Crippen molar-refractivity contribution in [2.45, 2.75) is 26.8 Å². The first-order chi connectivity index (χ1) is 7.97. The number of rotatable bonds is 4. The molecule has 1 amide bonds. The van der Waals surface area contributed by atoms with Gasteiger partial charge in [-0.1, -0.05) is 5.16 Å². The molecule has 0 saturated heterocycles. The number of amides is 1. The molecule has 0 aromatic carbocycles. The second kappa shape index (κ2) is 5.38. The first-order valence-corrected chi connectivity index (χ1v) is 5.28. The molecule has 0 unspecified atom stereocenters. The molecule has 17 heavy (non-hydrogen) atoms. The predicted octanol–water partition coefficient (Wildman–Crippen LogP) is 1.19. The highest BCUT2D eigenvalue weighted by Gasteiger charge is 2.23. The number of oxime groups is 1. The molecule has 6 heteroatoms. The highest BCUT2D eigenvalue weighted by Crippen LogP contribution is 2.13. The number of aryl methyl sites for hydroxylation is 1. The van der Waals surface area contributed by atoms with E-state index >= 15 is 0 Å². The van der Waals surface area contributed by atoms with Gasteiger partial charge in [-0.25, -0.2) is 0 Å². The van der Waals surface area contributed by atoms with Crippen LogP contribution in [0.4, 0.5) is 0 Å². The van der Waals surface area contributed by atoms with E-state index in [1.165, 1.54) is 11.2 Å². The van der Waals surface area contributed by atoms with Gasteiger partial charge in [0, 0.05) is 11.6 Å². The summed E-state index contributed by atoms with van der Waals surface area (Å²) in [5.41, 5.74) is 6.18. The summed E-state index contributed by atoms with van der Waals surface area (Å²) >= 11 is 0. The van der Waals surface area contributed by atoms with Crippen LogP contribution < -0.4 is 5.73 Å². The number of carbonyl (C=O) groups is 1. The molecule has 1 heterocycles. The highest BCUT2D eigenvalue weighted by atomic mass is 16.4. The number of furan rings is 1. The molecule has 1 aromatic heterocycles. The monoisotopic (exact) mass is 239 g/mol. The smallest absolute Gasteiger partial charge is 0.290 e. The minimum Gasteiger partial charge on any atom is -0.459 e. The number of carbonyl (C=O) groups excluding carboxylic acids is 1. The van der Waals surface area contributed by atoms with E-state index in [0.29, 0.717) is 0 Å². The molecule has 0 saturated carbocycles. The van der Waals surface area contributed by atoms with Crippen molar-refractivity contribution in [2.75, 3.05) is 6.54 Å². The second-order valence-electron chi connectivity index (χ2n) is 4.05. The lowest BCUT2D eigenvalue weighted by Gasteiger charge is -2.25. The first-order valence-electron chi connectivity index (χ1n) is 5.28. The van der Waals surface area contributed by atoms with Crippen molar-refractivity contribution in [3.8, 4) is 0 Å². The van der Waals surface area contributed by atoms with Crippen molar-refractivity contribution in [1.29, 1.82) is 0 Å². The van der Waals surface area contributed by atoms with Crippen LogP contribution in [0, 0.1) is 6.92 Å². The summed E-state index contributed by atoms with van der Waals surface area (Å²) in [6.07, 6.45) is 1.46. The highest BCUT2D eigenvalue weighted by molar-refractivity contribution is 5.96. The summed E-state index contributed by atoms with van der Waals surface area (Å²) in [5, 5.41) is 11.4. The van der Waals surface area contributed by atoms with E-state index in [9.17, 15) is 4.79 Å². The Kier molecular flexibility index (Phi) is 4.14. The van der Waals surface area contributed by atoms with E-state index in [0.717, 1.165) is 5.56 Å². The normalized spacial score (nSPS) is 11.9. The third kappa shape index (κ3) is 2.99. The van der Waals surface area contributed by atoms with Gasteiger partial charge in [0.15, 0.2) is 11.6 Å². The Balaban J connectivity index is 2.93. The molecule has 0 radical (unpaired) electrons. The molecule has 0 bridgehead atoms. The van der Waals surface area contributed by atoms with Gasteiger partial charge in [-0.15, -0.1) is 0 Å². The quantitative estimate of drug-likeness (QED) is 0.357. The van der Waals surface area contributed by atoms with Crippen LogP contribution in [0.1, 0.15) is 30.0 Å². The van der Waals surface area contributed by atoms with E-state index < -0.39 is 0 Å². The zero-order chi connectivity index (χ0) is 13.0. The average molecular weight is 239 g/mol. The van der Waals surface area contributed by atoms with Crippen molar-refractivity contribution >= 4 is 11.7 Å². The Morgan fingerprint density at radius 2 is 2.29 bits per heavy atom. The van der Waals surface area contributed by atoms with Crippen LogP contribution in [0.25, 0.3) is 0 Å². The number of amidine groups is 1. The fourth-order valence-electron chi connectivity index (χ4n) is 1.42. The lowest BCUT2D eigenvalue weighted by Crippen LogP contribution is -2.42. The van der Waals surface area contributed by atoms with Gasteiger partial charge in [-0.3, -0.25) is 4.79 Å². The fourth-order valence-corrected chi connectivity index (χ4v) is 1.42. The Bertz CT molecular complexity index is 423. The summed E-state index contributed by atoms with van der Waals surface area (Å²) < 4.78 is 5.14. The van der Waals surface area contributed by atoms with Crippen LogP contribution in [-0.2, 0) is 0 Å². The molecule has 0 spiro atoms. The average Bonchev–Trinajstić information content (AvgIpc) is 2.70. The Morgan fingerprint density at radius 3 is 2.71 bits per heavy atom. The van der Waals surface area contributed by atoms with Gasteiger partial charge in [0.25, 0.3) is 5.91 Å². The standard InChI is InChI=1S/C11H17N3O3/c1-7(2)14(6-9(12)13-16)11(15)10-8(3)4-5-17-10/h4-5,7,16H,6H2,1-3H3,(H2,12,13). The van der Waals surface area contributed by atoms with Crippen LogP contribution in [0.5, 0.6) is 0 Å². The van der Waals surface area contributed by atoms with E-state index in [2.05, 4.69) is 5.16 Å². The molecular weight excluding hydrogens is 222 g/mol. The third-order valence-corrected chi connectivity index (χ3v) is 2.40. The van der Waals surface area contributed by atoms with Crippen molar-refractivity contribution in [3.05, 3.63) is 23.7 Å². The maximum Gasteiger partial charge on any atom is 0.290 e. The minimum absolute atomic E-state index is 0.0174. The van der Waals surface area contributed by atoms with Gasteiger partial charge in [-0.2, -0.15) is 0 Å². The molecule has 94 valence electrons. The molecule has 1 rings (SSSR count). The maximum atomic E-state index is 12.2. The maximum absolute atomic E-state index is 12.2. The molecule has 0 fully saturated rings. The molecule has 0 aliphatic carbocycles. The molecule has 6 nitrogen and oxygen atoms in total. The molecule has 0 aliphatic rings. The molecule has 0 atom stereocenters. The van der Waals surface area contributed by atoms with Gasteiger partial charge >= 0.3 is 0 Å². The van der Waals surface area contributed by atoms with Crippen molar-refractivity contribution in [3.63, 3.8) is 0 Å². The van der Waals surface area contributed by atoms with Gasteiger partial charge in [0.05, 0.1) is 12.8 Å². The number of hydrogen-bond acceptors (Lipinski definition) is 4. The summed E-state index contributed by atoms with van der Waals surface area (Å²) in [4.78, 5) is 13.6. The third-order valence-electron chi connectivity index (χ3n) is 2.40. The van der Waals surface area contributed by atoms with Gasteiger partial charge in [0.2, 0.25) is 0 Å². The second-order valence-corrected chi connectivity index (χ2v) is 4.05. The van der Waals surface area contributed by atoms with Gasteiger partial charge in [0.1, 0.15) is 0 Å². The molecule has 0 aliphatic heterocycles. The number of hydrogen-bond donors (Lipinski definition) is 2. The predicted molar refractivity (Wildman–Crippen MR) is 63.0 cm³/mol. The largest absolute Gasteiger partial charge is 0.459 e. The van der Waals surface area contributed by atoms with Crippen molar-refractivity contribution < 1.29 is 14.4 Å². The molecular formula is C11H17N3O3. The number of nitrogens with zero attached hydrogens (tertiary/aromatic N) is 2. The molecule has 1 aromatic rings. The van der Waals surface area contributed by atoms with E-state index in [-0.39, 0.29) is 30.1 Å². The van der Waals surface area contributed by atoms with Crippen LogP contribution in [-0.4, -0.2) is 34.4 Å². The first kappa shape index (κ1) is 13.1. The Hall–Kier alpha value is -1.98. The van der Waals surface area contributed by atoms with E-state index in [4.69, 9.17) is 15.4 Å². The minimum atomic E-state index is -0.269. The summed E-state index contributed by atoms with van der Waals surface area (Å²) in [7, 11) is 0. The van der Waals surface area contributed by atoms with Gasteiger partial charge < -0.3 is 20.3 Å².